The minimum absolute atomic E-state index is 0.0605. The molecule has 1 fully saturated rings. The molecule has 2 bridgehead atoms. The standard InChI is InChI=1S/C34H43N7O4/c1-21-26-9-8-23-17-29(41(30(23)37-26)12-6-5-7-14-45-34(2,3)33(43)36-21)31-38-27-18-25-22(16-28(27)39(31)4)10-13-40(32(25)42)19-24-20-44-15-11-35-24/h8-9,16-18,21,24,35H,5-7,10-15,19-20H2,1-4H3,(H,36,43)/t21-,24+/m1/s1. The Balaban J connectivity index is 1.25. The Morgan fingerprint density at radius 1 is 1.04 bits per heavy atom. The van der Waals surface area contributed by atoms with E-state index >= 15 is 0 Å². The summed E-state index contributed by atoms with van der Waals surface area (Å²) >= 11 is 0. The molecule has 0 saturated carbocycles. The molecule has 2 atom stereocenters. The molecular weight excluding hydrogens is 570 g/mol. The van der Waals surface area contributed by atoms with E-state index in [1.807, 2.05) is 44.9 Å². The van der Waals surface area contributed by atoms with Gasteiger partial charge in [-0.3, -0.25) is 9.59 Å². The molecule has 2 amide bonds. The summed E-state index contributed by atoms with van der Waals surface area (Å²) in [5, 5.41) is 7.59. The first-order valence-corrected chi connectivity index (χ1v) is 16.2. The van der Waals surface area contributed by atoms with E-state index < -0.39 is 5.60 Å². The quantitative estimate of drug-likeness (QED) is 0.362. The molecule has 4 aromatic rings. The lowest BCUT2D eigenvalue weighted by atomic mass is 9.97. The number of carbonyl (C=O) groups is 2. The van der Waals surface area contributed by atoms with Crippen LogP contribution in [0.2, 0.25) is 0 Å². The third-order valence-corrected chi connectivity index (χ3v) is 9.54. The number of imidazole rings is 1. The van der Waals surface area contributed by atoms with E-state index in [9.17, 15) is 9.59 Å². The number of amides is 2. The number of nitrogens with one attached hydrogen (secondary N) is 2. The molecule has 3 aromatic heterocycles. The van der Waals surface area contributed by atoms with Crippen molar-refractivity contribution in [2.75, 3.05) is 39.5 Å². The number of fused-ring (bicyclic) bond motifs is 3. The third-order valence-electron chi connectivity index (χ3n) is 9.54. The summed E-state index contributed by atoms with van der Waals surface area (Å²) < 4.78 is 16.0. The summed E-state index contributed by atoms with van der Waals surface area (Å²) in [6, 6.07) is 10.2. The highest BCUT2D eigenvalue weighted by Gasteiger charge is 2.31. The summed E-state index contributed by atoms with van der Waals surface area (Å²) in [5.74, 6) is 0.756. The number of nitrogens with zero attached hydrogens (tertiary/aromatic N) is 5. The van der Waals surface area contributed by atoms with E-state index in [-0.39, 0.29) is 23.9 Å². The molecule has 6 heterocycles. The van der Waals surface area contributed by atoms with Gasteiger partial charge in [0.25, 0.3) is 11.8 Å². The second-order valence-electron chi connectivity index (χ2n) is 13.2. The van der Waals surface area contributed by atoms with Gasteiger partial charge in [-0.25, -0.2) is 9.97 Å². The van der Waals surface area contributed by atoms with Crippen LogP contribution in [0.5, 0.6) is 0 Å². The Morgan fingerprint density at radius 3 is 2.73 bits per heavy atom. The van der Waals surface area contributed by atoms with Crippen molar-refractivity contribution in [2.45, 2.75) is 70.7 Å². The molecule has 238 valence electrons. The fourth-order valence-corrected chi connectivity index (χ4v) is 6.80. The van der Waals surface area contributed by atoms with Gasteiger partial charge in [0.15, 0.2) is 5.82 Å². The molecule has 2 N–H and O–H groups in total. The van der Waals surface area contributed by atoms with E-state index in [4.69, 9.17) is 19.4 Å². The van der Waals surface area contributed by atoms with E-state index in [0.717, 1.165) is 89.2 Å². The summed E-state index contributed by atoms with van der Waals surface area (Å²) in [7, 11) is 2.05. The van der Waals surface area contributed by atoms with Crippen LogP contribution in [0.4, 0.5) is 0 Å². The van der Waals surface area contributed by atoms with Crippen molar-refractivity contribution in [1.82, 2.24) is 34.6 Å². The first-order valence-electron chi connectivity index (χ1n) is 16.2. The highest BCUT2D eigenvalue weighted by atomic mass is 16.5. The van der Waals surface area contributed by atoms with Crippen molar-refractivity contribution in [3.63, 3.8) is 0 Å². The number of morpholine rings is 1. The van der Waals surface area contributed by atoms with Gasteiger partial charge < -0.3 is 34.1 Å². The normalized spacial score (nSPS) is 22.9. The number of rotatable bonds is 3. The zero-order valence-electron chi connectivity index (χ0n) is 26.7. The van der Waals surface area contributed by atoms with Gasteiger partial charge in [0, 0.05) is 56.8 Å². The Hall–Kier alpha value is -3.80. The predicted octanol–water partition coefficient (Wildman–Crippen LogP) is 3.73. The maximum absolute atomic E-state index is 13.6. The second kappa shape index (κ2) is 11.9. The molecule has 3 aliphatic rings. The van der Waals surface area contributed by atoms with Gasteiger partial charge in [-0.2, -0.15) is 0 Å². The number of aryl methyl sites for hydroxylation is 2. The summed E-state index contributed by atoms with van der Waals surface area (Å²) in [5.41, 5.74) is 5.40. The minimum atomic E-state index is -0.903. The first kappa shape index (κ1) is 29.9. The topological polar surface area (TPSA) is 116 Å². The highest BCUT2D eigenvalue weighted by Crippen LogP contribution is 2.33. The van der Waals surface area contributed by atoms with Crippen molar-refractivity contribution in [3.05, 3.63) is 47.2 Å². The van der Waals surface area contributed by atoms with Crippen molar-refractivity contribution < 1.29 is 19.1 Å². The molecule has 3 aliphatic heterocycles. The lowest BCUT2D eigenvalue weighted by Crippen LogP contribution is -2.51. The van der Waals surface area contributed by atoms with Gasteiger partial charge in [0.2, 0.25) is 0 Å². The van der Waals surface area contributed by atoms with Crippen LogP contribution in [0, 0.1) is 0 Å². The van der Waals surface area contributed by atoms with Crippen LogP contribution in [0.15, 0.2) is 30.3 Å². The van der Waals surface area contributed by atoms with Crippen LogP contribution < -0.4 is 10.6 Å². The Labute approximate surface area is 263 Å². The number of aromatic nitrogens is 4. The number of carbonyl (C=O) groups excluding carboxylic acids is 2. The van der Waals surface area contributed by atoms with Crippen molar-refractivity contribution in [3.8, 4) is 11.5 Å². The van der Waals surface area contributed by atoms with Gasteiger partial charge >= 0.3 is 0 Å². The lowest BCUT2D eigenvalue weighted by Gasteiger charge is -2.33. The van der Waals surface area contributed by atoms with E-state index in [0.29, 0.717) is 32.9 Å². The molecule has 7 rings (SSSR count). The van der Waals surface area contributed by atoms with E-state index in [1.165, 1.54) is 0 Å². The van der Waals surface area contributed by atoms with Gasteiger partial charge in [0.1, 0.15) is 11.2 Å². The molecule has 11 nitrogen and oxygen atoms in total. The molecule has 1 saturated heterocycles. The molecule has 0 aliphatic carbocycles. The van der Waals surface area contributed by atoms with Crippen LogP contribution in [-0.4, -0.2) is 86.9 Å². The van der Waals surface area contributed by atoms with Gasteiger partial charge in [-0.1, -0.05) is 0 Å². The predicted molar refractivity (Wildman–Crippen MR) is 172 cm³/mol. The zero-order valence-corrected chi connectivity index (χ0v) is 26.7. The lowest BCUT2D eigenvalue weighted by molar-refractivity contribution is -0.143. The van der Waals surface area contributed by atoms with Gasteiger partial charge in [-0.15, -0.1) is 0 Å². The fraction of sp³-hybridized carbons (Fsp3) is 0.529. The van der Waals surface area contributed by atoms with Crippen molar-refractivity contribution >= 4 is 33.9 Å². The molecular formula is C34H43N7O4. The molecule has 0 spiro atoms. The van der Waals surface area contributed by atoms with Crippen LogP contribution in [0.3, 0.4) is 0 Å². The smallest absolute Gasteiger partial charge is 0.254 e. The second-order valence-corrected chi connectivity index (χ2v) is 13.2. The third kappa shape index (κ3) is 5.62. The Kier molecular flexibility index (Phi) is 7.87. The average molecular weight is 614 g/mol. The molecule has 11 heteroatoms. The first-order chi connectivity index (χ1) is 21.7. The molecule has 0 unspecified atom stereocenters. The Bertz CT molecular complexity index is 1770. The van der Waals surface area contributed by atoms with Crippen molar-refractivity contribution in [1.29, 1.82) is 0 Å². The van der Waals surface area contributed by atoms with E-state index in [2.05, 4.69) is 38.0 Å². The zero-order chi connectivity index (χ0) is 31.3. The van der Waals surface area contributed by atoms with Crippen LogP contribution in [0.1, 0.15) is 67.7 Å². The summed E-state index contributed by atoms with van der Waals surface area (Å²) in [6.07, 6.45) is 3.58. The average Bonchev–Trinajstić information content (AvgIpc) is 3.55. The maximum Gasteiger partial charge on any atom is 0.254 e. The van der Waals surface area contributed by atoms with Crippen LogP contribution in [-0.2, 0) is 34.3 Å². The summed E-state index contributed by atoms with van der Waals surface area (Å²) in [6.45, 7) is 10.4. The number of benzene rings is 1. The van der Waals surface area contributed by atoms with Crippen molar-refractivity contribution in [2.24, 2.45) is 7.05 Å². The molecule has 45 heavy (non-hydrogen) atoms. The van der Waals surface area contributed by atoms with E-state index in [1.54, 1.807) is 0 Å². The number of hydrogen-bond acceptors (Lipinski definition) is 7. The van der Waals surface area contributed by atoms with Gasteiger partial charge in [0.05, 0.1) is 41.7 Å². The largest absolute Gasteiger partial charge is 0.378 e. The Morgan fingerprint density at radius 2 is 1.91 bits per heavy atom. The molecule has 0 radical (unpaired) electrons. The SMILES string of the molecule is C[C@H]1NC(=O)C(C)(C)OCCCCCn2c(-c3nc4cc5c(cc4n3C)CCN(C[C@H]3COCCN3)C5=O)cc3ccc1nc32. The highest BCUT2D eigenvalue weighted by molar-refractivity contribution is 6.00. The number of hydrogen-bond donors (Lipinski definition) is 2. The minimum Gasteiger partial charge on any atom is -0.378 e. The number of pyridine rings is 1. The van der Waals surface area contributed by atoms with Crippen LogP contribution >= 0.6 is 0 Å². The molecule has 1 aromatic carbocycles. The fourth-order valence-electron chi connectivity index (χ4n) is 6.80. The van der Waals surface area contributed by atoms with Gasteiger partial charge in [-0.05, 0) is 82.3 Å². The van der Waals surface area contributed by atoms with Crippen LogP contribution in [0.25, 0.3) is 33.6 Å². The summed E-state index contributed by atoms with van der Waals surface area (Å²) in [4.78, 5) is 38.8. The number of ether oxygens (including phenoxy) is 2. The maximum atomic E-state index is 13.6. The monoisotopic (exact) mass is 613 g/mol.